The molecule has 5 heteroatoms. The van der Waals surface area contributed by atoms with E-state index < -0.39 is 5.97 Å². The zero-order chi connectivity index (χ0) is 14.5. The Morgan fingerprint density at radius 2 is 1.90 bits per heavy atom. The molecule has 0 amide bonds. The Balaban J connectivity index is 1.98. The second-order valence-corrected chi connectivity index (χ2v) is 4.57. The molecule has 2 N–H and O–H groups in total. The molecule has 0 spiro atoms. The van der Waals surface area contributed by atoms with Crippen LogP contribution in [0.25, 0.3) is 0 Å². The lowest BCUT2D eigenvalue weighted by molar-refractivity contribution is 0.0473. The van der Waals surface area contributed by atoms with Crippen LogP contribution in [0.1, 0.15) is 15.9 Å². The molecule has 0 radical (unpaired) electrons. The van der Waals surface area contributed by atoms with Gasteiger partial charge in [0.2, 0.25) is 0 Å². The van der Waals surface area contributed by atoms with Crippen molar-refractivity contribution >= 4 is 23.3 Å². The van der Waals surface area contributed by atoms with E-state index in [1.54, 1.807) is 19.2 Å². The van der Waals surface area contributed by atoms with Crippen LogP contribution in [0.3, 0.4) is 0 Å². The van der Waals surface area contributed by atoms with E-state index in [-0.39, 0.29) is 6.61 Å². The molecule has 0 aliphatic heterocycles. The van der Waals surface area contributed by atoms with Crippen LogP contribution < -0.4 is 10.5 Å². The largest absolute Gasteiger partial charge is 0.497 e. The smallest absolute Gasteiger partial charge is 0.338 e. The van der Waals surface area contributed by atoms with Gasteiger partial charge in [-0.05, 0) is 35.9 Å². The van der Waals surface area contributed by atoms with Crippen molar-refractivity contribution in [3.63, 3.8) is 0 Å². The lowest BCUT2D eigenvalue weighted by atomic mass is 10.2. The number of halogens is 1. The van der Waals surface area contributed by atoms with Gasteiger partial charge in [-0.2, -0.15) is 0 Å². The van der Waals surface area contributed by atoms with Crippen LogP contribution in [-0.2, 0) is 11.3 Å². The number of esters is 1. The van der Waals surface area contributed by atoms with Gasteiger partial charge in [-0.1, -0.05) is 23.7 Å². The van der Waals surface area contributed by atoms with Gasteiger partial charge in [0, 0.05) is 0 Å². The summed E-state index contributed by atoms with van der Waals surface area (Å²) in [4.78, 5) is 11.9. The van der Waals surface area contributed by atoms with Crippen molar-refractivity contribution in [1.82, 2.24) is 0 Å². The first-order chi connectivity index (χ1) is 9.60. The minimum atomic E-state index is -0.442. The van der Waals surface area contributed by atoms with Gasteiger partial charge in [0.25, 0.3) is 0 Å². The number of methoxy groups -OCH3 is 1. The van der Waals surface area contributed by atoms with E-state index >= 15 is 0 Å². The predicted molar refractivity (Wildman–Crippen MR) is 78.0 cm³/mol. The molecule has 0 aromatic heterocycles. The maximum atomic E-state index is 11.9. The molecule has 0 saturated heterocycles. The molecule has 104 valence electrons. The molecular formula is C15H14ClNO3. The SMILES string of the molecule is COc1ccc(COC(=O)c2ccc(N)c(Cl)c2)cc1. The summed E-state index contributed by atoms with van der Waals surface area (Å²) in [7, 11) is 1.60. The van der Waals surface area contributed by atoms with E-state index in [0.29, 0.717) is 16.3 Å². The summed E-state index contributed by atoms with van der Waals surface area (Å²) in [5.74, 6) is 0.313. The number of hydrogen-bond acceptors (Lipinski definition) is 4. The third kappa shape index (κ3) is 3.42. The molecule has 20 heavy (non-hydrogen) atoms. The highest BCUT2D eigenvalue weighted by Crippen LogP contribution is 2.20. The first kappa shape index (κ1) is 14.2. The molecule has 0 atom stereocenters. The van der Waals surface area contributed by atoms with E-state index in [9.17, 15) is 4.79 Å². The highest BCUT2D eigenvalue weighted by Gasteiger charge is 2.09. The Kier molecular flexibility index (Phi) is 4.48. The third-order valence-corrected chi connectivity index (χ3v) is 3.09. The van der Waals surface area contributed by atoms with Crippen molar-refractivity contribution in [3.05, 3.63) is 58.6 Å². The van der Waals surface area contributed by atoms with Crippen LogP contribution in [0.5, 0.6) is 5.75 Å². The van der Waals surface area contributed by atoms with Gasteiger partial charge in [-0.15, -0.1) is 0 Å². The minimum Gasteiger partial charge on any atom is -0.497 e. The van der Waals surface area contributed by atoms with Gasteiger partial charge in [0.1, 0.15) is 12.4 Å². The first-order valence-electron chi connectivity index (χ1n) is 5.95. The van der Waals surface area contributed by atoms with E-state index in [2.05, 4.69) is 0 Å². The monoisotopic (exact) mass is 291 g/mol. The molecule has 0 fully saturated rings. The molecule has 0 saturated carbocycles. The molecule has 2 aromatic rings. The summed E-state index contributed by atoms with van der Waals surface area (Å²) < 4.78 is 10.3. The van der Waals surface area contributed by atoms with Gasteiger partial charge in [-0.3, -0.25) is 0 Å². The van der Waals surface area contributed by atoms with Crippen molar-refractivity contribution in [2.75, 3.05) is 12.8 Å². The van der Waals surface area contributed by atoms with E-state index in [0.717, 1.165) is 11.3 Å². The summed E-state index contributed by atoms with van der Waals surface area (Å²) in [6, 6.07) is 11.9. The van der Waals surface area contributed by atoms with E-state index in [1.807, 2.05) is 24.3 Å². The fourth-order valence-corrected chi connectivity index (χ4v) is 1.79. The van der Waals surface area contributed by atoms with Gasteiger partial charge in [0.15, 0.2) is 0 Å². The fraction of sp³-hybridized carbons (Fsp3) is 0.133. The number of rotatable bonds is 4. The minimum absolute atomic E-state index is 0.185. The summed E-state index contributed by atoms with van der Waals surface area (Å²) >= 11 is 5.86. The number of anilines is 1. The number of ether oxygens (including phenoxy) is 2. The Hall–Kier alpha value is -2.20. The molecule has 4 nitrogen and oxygen atoms in total. The maximum Gasteiger partial charge on any atom is 0.338 e. The number of nitrogen functional groups attached to an aromatic ring is 1. The Bertz CT molecular complexity index is 611. The summed E-state index contributed by atoms with van der Waals surface area (Å²) in [5, 5.41) is 0.337. The lowest BCUT2D eigenvalue weighted by Crippen LogP contribution is -2.05. The van der Waals surface area contributed by atoms with Crippen LogP contribution in [-0.4, -0.2) is 13.1 Å². The molecule has 0 unspecified atom stereocenters. The van der Waals surface area contributed by atoms with Crippen LogP contribution in [0.15, 0.2) is 42.5 Å². The zero-order valence-electron chi connectivity index (χ0n) is 10.9. The summed E-state index contributed by atoms with van der Waals surface area (Å²) in [5.41, 5.74) is 7.26. The van der Waals surface area contributed by atoms with E-state index in [4.69, 9.17) is 26.8 Å². The second kappa shape index (κ2) is 6.30. The van der Waals surface area contributed by atoms with Gasteiger partial charge < -0.3 is 15.2 Å². The highest BCUT2D eigenvalue weighted by atomic mass is 35.5. The molecule has 2 rings (SSSR count). The first-order valence-corrected chi connectivity index (χ1v) is 6.33. The quantitative estimate of drug-likeness (QED) is 0.693. The molecular weight excluding hydrogens is 278 g/mol. The highest BCUT2D eigenvalue weighted by molar-refractivity contribution is 6.33. The predicted octanol–water partition coefficient (Wildman–Crippen LogP) is 3.29. The van der Waals surface area contributed by atoms with Crippen molar-refractivity contribution < 1.29 is 14.3 Å². The molecule has 2 aromatic carbocycles. The number of benzene rings is 2. The number of carbonyl (C=O) groups is 1. The van der Waals surface area contributed by atoms with Crippen molar-refractivity contribution in [3.8, 4) is 5.75 Å². The average molecular weight is 292 g/mol. The number of carbonyl (C=O) groups excluding carboxylic acids is 1. The third-order valence-electron chi connectivity index (χ3n) is 2.77. The van der Waals surface area contributed by atoms with Gasteiger partial charge in [-0.25, -0.2) is 4.79 Å². The number of hydrogen-bond donors (Lipinski definition) is 1. The summed E-state index contributed by atoms with van der Waals surface area (Å²) in [6.45, 7) is 0.185. The van der Waals surface area contributed by atoms with Crippen molar-refractivity contribution in [1.29, 1.82) is 0 Å². The average Bonchev–Trinajstić information content (AvgIpc) is 2.48. The molecule has 0 heterocycles. The zero-order valence-corrected chi connectivity index (χ0v) is 11.7. The molecule has 0 bridgehead atoms. The molecule has 0 aliphatic carbocycles. The number of nitrogens with two attached hydrogens (primary N) is 1. The van der Waals surface area contributed by atoms with Crippen LogP contribution in [0.2, 0.25) is 5.02 Å². The van der Waals surface area contributed by atoms with Crippen LogP contribution in [0, 0.1) is 0 Å². The van der Waals surface area contributed by atoms with Crippen molar-refractivity contribution in [2.24, 2.45) is 0 Å². The summed E-state index contributed by atoms with van der Waals surface area (Å²) in [6.07, 6.45) is 0. The van der Waals surface area contributed by atoms with Crippen LogP contribution >= 0.6 is 11.6 Å². The Labute approximate surface area is 122 Å². The fourth-order valence-electron chi connectivity index (χ4n) is 1.61. The van der Waals surface area contributed by atoms with E-state index in [1.165, 1.54) is 6.07 Å². The van der Waals surface area contributed by atoms with Crippen molar-refractivity contribution in [2.45, 2.75) is 6.61 Å². The Morgan fingerprint density at radius 1 is 1.20 bits per heavy atom. The standard InChI is InChI=1S/C15H14ClNO3/c1-19-12-5-2-10(3-6-12)9-20-15(18)11-4-7-14(17)13(16)8-11/h2-8H,9,17H2,1H3. The Morgan fingerprint density at radius 3 is 2.50 bits per heavy atom. The van der Waals surface area contributed by atoms with Crippen LogP contribution in [0.4, 0.5) is 5.69 Å². The van der Waals surface area contributed by atoms with Gasteiger partial charge in [0.05, 0.1) is 23.4 Å². The molecule has 0 aliphatic rings. The van der Waals surface area contributed by atoms with Gasteiger partial charge >= 0.3 is 5.97 Å². The normalized spacial score (nSPS) is 10.1. The second-order valence-electron chi connectivity index (χ2n) is 4.16. The maximum absolute atomic E-state index is 11.9. The lowest BCUT2D eigenvalue weighted by Gasteiger charge is -2.07. The topological polar surface area (TPSA) is 61.5 Å².